The van der Waals surface area contributed by atoms with Gasteiger partial charge in [0.2, 0.25) is 0 Å². The van der Waals surface area contributed by atoms with Crippen LogP contribution in [0.15, 0.2) is 48.7 Å². The van der Waals surface area contributed by atoms with Crippen LogP contribution >= 0.6 is 0 Å². The molecule has 22 heavy (non-hydrogen) atoms. The zero-order valence-corrected chi connectivity index (χ0v) is 13.0. The van der Waals surface area contributed by atoms with E-state index in [0.717, 1.165) is 38.0 Å². The van der Waals surface area contributed by atoms with E-state index in [4.69, 9.17) is 0 Å². The summed E-state index contributed by atoms with van der Waals surface area (Å²) < 4.78 is 0. The molecular formula is C19H22N2O. The molecule has 114 valence electrons. The van der Waals surface area contributed by atoms with Crippen molar-refractivity contribution in [2.75, 3.05) is 13.1 Å². The Bertz CT molecular complexity index is 614. The monoisotopic (exact) mass is 294 g/mol. The Labute approximate surface area is 132 Å². The van der Waals surface area contributed by atoms with E-state index in [2.05, 4.69) is 35.3 Å². The van der Waals surface area contributed by atoms with Gasteiger partial charge in [-0.2, -0.15) is 0 Å². The second-order valence-electron chi connectivity index (χ2n) is 6.11. The third-order valence-corrected chi connectivity index (χ3v) is 4.43. The SMILES string of the molecule is Cc1ccc(C(=O)N2CCC(Cc3ccccc3)CC2)cn1. The van der Waals surface area contributed by atoms with E-state index in [-0.39, 0.29) is 5.91 Å². The van der Waals surface area contributed by atoms with Gasteiger partial charge in [0, 0.05) is 25.0 Å². The molecule has 3 heteroatoms. The number of carbonyl (C=O) groups excluding carboxylic acids is 1. The highest BCUT2D eigenvalue weighted by atomic mass is 16.2. The molecule has 3 rings (SSSR count). The number of rotatable bonds is 3. The van der Waals surface area contributed by atoms with Crippen molar-refractivity contribution < 1.29 is 4.79 Å². The van der Waals surface area contributed by atoms with Crippen molar-refractivity contribution in [1.82, 2.24) is 9.88 Å². The van der Waals surface area contributed by atoms with Gasteiger partial charge in [0.05, 0.1) is 5.56 Å². The van der Waals surface area contributed by atoms with Crippen molar-refractivity contribution in [3.63, 3.8) is 0 Å². The molecule has 0 N–H and O–H groups in total. The van der Waals surface area contributed by atoms with Crippen molar-refractivity contribution in [2.24, 2.45) is 5.92 Å². The van der Waals surface area contributed by atoms with Gasteiger partial charge >= 0.3 is 0 Å². The lowest BCUT2D eigenvalue weighted by atomic mass is 9.90. The fourth-order valence-electron chi connectivity index (χ4n) is 3.06. The number of hydrogen-bond acceptors (Lipinski definition) is 2. The van der Waals surface area contributed by atoms with E-state index in [0.29, 0.717) is 11.5 Å². The molecule has 1 fully saturated rings. The van der Waals surface area contributed by atoms with E-state index in [9.17, 15) is 4.79 Å². The van der Waals surface area contributed by atoms with Crippen molar-refractivity contribution in [2.45, 2.75) is 26.2 Å². The second kappa shape index (κ2) is 6.73. The molecule has 1 aromatic carbocycles. The van der Waals surface area contributed by atoms with Gasteiger partial charge in [-0.15, -0.1) is 0 Å². The summed E-state index contributed by atoms with van der Waals surface area (Å²) in [5.74, 6) is 0.799. The smallest absolute Gasteiger partial charge is 0.255 e. The van der Waals surface area contributed by atoms with Gasteiger partial charge in [-0.1, -0.05) is 30.3 Å². The maximum absolute atomic E-state index is 12.5. The summed E-state index contributed by atoms with van der Waals surface area (Å²) in [6.07, 6.45) is 4.97. The lowest BCUT2D eigenvalue weighted by Crippen LogP contribution is -2.38. The summed E-state index contributed by atoms with van der Waals surface area (Å²) in [4.78, 5) is 18.6. The average molecular weight is 294 g/mol. The fraction of sp³-hybridized carbons (Fsp3) is 0.368. The number of nitrogens with zero attached hydrogens (tertiary/aromatic N) is 2. The third kappa shape index (κ3) is 3.53. The van der Waals surface area contributed by atoms with Gasteiger partial charge in [0.1, 0.15) is 0 Å². The van der Waals surface area contributed by atoms with Gasteiger partial charge in [0.25, 0.3) is 5.91 Å². The number of benzene rings is 1. The Morgan fingerprint density at radius 1 is 1.14 bits per heavy atom. The summed E-state index contributed by atoms with van der Waals surface area (Å²) >= 11 is 0. The Hall–Kier alpha value is -2.16. The molecular weight excluding hydrogens is 272 g/mol. The highest BCUT2D eigenvalue weighted by molar-refractivity contribution is 5.93. The number of hydrogen-bond donors (Lipinski definition) is 0. The Balaban J connectivity index is 1.55. The number of pyridine rings is 1. The van der Waals surface area contributed by atoms with Crippen LogP contribution in [0.25, 0.3) is 0 Å². The number of amides is 1. The predicted octanol–water partition coefficient (Wildman–Crippen LogP) is 3.48. The molecule has 2 aromatic rings. The molecule has 3 nitrogen and oxygen atoms in total. The number of aromatic nitrogens is 1. The first-order chi connectivity index (χ1) is 10.7. The fourth-order valence-corrected chi connectivity index (χ4v) is 3.06. The van der Waals surface area contributed by atoms with Crippen molar-refractivity contribution in [3.05, 3.63) is 65.5 Å². The zero-order chi connectivity index (χ0) is 15.4. The minimum atomic E-state index is 0.116. The molecule has 2 heterocycles. The van der Waals surface area contributed by atoms with Crippen LogP contribution in [0.1, 0.15) is 34.5 Å². The lowest BCUT2D eigenvalue weighted by Gasteiger charge is -2.32. The van der Waals surface area contributed by atoms with Crippen LogP contribution in [0.2, 0.25) is 0 Å². The van der Waals surface area contributed by atoms with Crippen LogP contribution in [0, 0.1) is 12.8 Å². The summed E-state index contributed by atoms with van der Waals surface area (Å²) in [6, 6.07) is 14.4. The standard InChI is InChI=1S/C19H22N2O/c1-15-7-8-18(14-20-15)19(22)21-11-9-17(10-12-21)13-16-5-3-2-4-6-16/h2-8,14,17H,9-13H2,1H3. The first kappa shape index (κ1) is 14.8. The molecule has 1 aromatic heterocycles. The van der Waals surface area contributed by atoms with Gasteiger partial charge in [-0.05, 0) is 49.8 Å². The van der Waals surface area contributed by atoms with Crippen LogP contribution in [-0.2, 0) is 6.42 Å². The maximum atomic E-state index is 12.5. The molecule has 1 aliphatic heterocycles. The van der Waals surface area contributed by atoms with E-state index in [1.807, 2.05) is 24.0 Å². The maximum Gasteiger partial charge on any atom is 0.255 e. The molecule has 1 amide bonds. The highest BCUT2D eigenvalue weighted by Crippen LogP contribution is 2.22. The van der Waals surface area contributed by atoms with Gasteiger partial charge in [0.15, 0.2) is 0 Å². The van der Waals surface area contributed by atoms with Crippen LogP contribution in [0.4, 0.5) is 0 Å². The molecule has 0 saturated carbocycles. The van der Waals surface area contributed by atoms with E-state index < -0.39 is 0 Å². The number of carbonyl (C=O) groups is 1. The van der Waals surface area contributed by atoms with Crippen molar-refractivity contribution in [3.8, 4) is 0 Å². The van der Waals surface area contributed by atoms with Crippen LogP contribution in [0.3, 0.4) is 0 Å². The van der Waals surface area contributed by atoms with Crippen molar-refractivity contribution >= 4 is 5.91 Å². The van der Waals surface area contributed by atoms with E-state index in [1.165, 1.54) is 5.56 Å². The molecule has 0 radical (unpaired) electrons. The predicted molar refractivity (Wildman–Crippen MR) is 87.7 cm³/mol. The molecule has 0 atom stereocenters. The van der Waals surface area contributed by atoms with Crippen LogP contribution < -0.4 is 0 Å². The minimum Gasteiger partial charge on any atom is -0.339 e. The lowest BCUT2D eigenvalue weighted by molar-refractivity contribution is 0.0690. The quantitative estimate of drug-likeness (QED) is 0.868. The number of piperidine rings is 1. The molecule has 0 aliphatic carbocycles. The van der Waals surface area contributed by atoms with Crippen LogP contribution in [-0.4, -0.2) is 28.9 Å². The molecule has 0 bridgehead atoms. The first-order valence-corrected chi connectivity index (χ1v) is 7.98. The largest absolute Gasteiger partial charge is 0.339 e. The summed E-state index contributed by atoms with van der Waals surface area (Å²) in [7, 11) is 0. The molecule has 1 aliphatic rings. The molecule has 1 saturated heterocycles. The number of likely N-dealkylation sites (tertiary alicyclic amines) is 1. The Morgan fingerprint density at radius 3 is 2.50 bits per heavy atom. The summed E-state index contributed by atoms with van der Waals surface area (Å²) in [5, 5.41) is 0. The van der Waals surface area contributed by atoms with Gasteiger partial charge < -0.3 is 4.90 Å². The summed E-state index contributed by atoms with van der Waals surface area (Å²) in [5.41, 5.74) is 3.04. The topological polar surface area (TPSA) is 33.2 Å². The molecule has 0 spiro atoms. The minimum absolute atomic E-state index is 0.116. The normalized spacial score (nSPS) is 15.8. The Kier molecular flexibility index (Phi) is 4.52. The van der Waals surface area contributed by atoms with Crippen LogP contribution in [0.5, 0.6) is 0 Å². The third-order valence-electron chi connectivity index (χ3n) is 4.43. The zero-order valence-electron chi connectivity index (χ0n) is 13.0. The first-order valence-electron chi connectivity index (χ1n) is 7.98. The van der Waals surface area contributed by atoms with E-state index in [1.54, 1.807) is 6.20 Å². The summed E-state index contributed by atoms with van der Waals surface area (Å²) in [6.45, 7) is 3.64. The second-order valence-corrected chi connectivity index (χ2v) is 6.11. The van der Waals surface area contributed by atoms with Crippen molar-refractivity contribution in [1.29, 1.82) is 0 Å². The van der Waals surface area contributed by atoms with Gasteiger partial charge in [-0.25, -0.2) is 0 Å². The highest BCUT2D eigenvalue weighted by Gasteiger charge is 2.23. The average Bonchev–Trinajstić information content (AvgIpc) is 2.57. The Morgan fingerprint density at radius 2 is 1.86 bits per heavy atom. The van der Waals surface area contributed by atoms with E-state index >= 15 is 0 Å². The van der Waals surface area contributed by atoms with Gasteiger partial charge in [-0.3, -0.25) is 9.78 Å². The number of aryl methyl sites for hydroxylation is 1. The molecule has 0 unspecified atom stereocenters.